The molecule has 1 amide bonds. The van der Waals surface area contributed by atoms with Crippen LogP contribution < -0.4 is 10.3 Å². The van der Waals surface area contributed by atoms with Crippen LogP contribution >= 0.6 is 15.9 Å². The van der Waals surface area contributed by atoms with Gasteiger partial charge in [0.15, 0.2) is 10.5 Å². The van der Waals surface area contributed by atoms with Crippen molar-refractivity contribution in [3.05, 3.63) is 22.6 Å². The van der Waals surface area contributed by atoms with Crippen LogP contribution in [-0.4, -0.2) is 28.9 Å². The lowest BCUT2D eigenvalue weighted by molar-refractivity contribution is -0.124. The largest absolute Gasteiger partial charge is 0.277 e. The molecule has 0 saturated carbocycles. The van der Waals surface area contributed by atoms with E-state index in [-0.39, 0.29) is 22.2 Å². The summed E-state index contributed by atoms with van der Waals surface area (Å²) in [5.74, 6) is -0.768. The monoisotopic (exact) mass is 375 g/mol. The zero-order valence-electron chi connectivity index (χ0n) is 11.6. The van der Waals surface area contributed by atoms with E-state index < -0.39 is 15.9 Å². The molecule has 0 aliphatic rings. The Bertz CT molecular complexity index is 800. The SMILES string of the molecule is Cc1nn2cc(Br)cnc2c1S(=O)(=O)NNC(=O)C(C)C. The normalized spacial score (nSPS) is 12.0. The molecule has 0 atom stereocenters. The number of carbonyl (C=O) groups is 1. The van der Waals surface area contributed by atoms with Gasteiger partial charge < -0.3 is 0 Å². The minimum Gasteiger partial charge on any atom is -0.277 e. The number of fused-ring (bicyclic) bond motifs is 1. The van der Waals surface area contributed by atoms with Crippen molar-refractivity contribution in [3.8, 4) is 0 Å². The number of hydrazine groups is 1. The van der Waals surface area contributed by atoms with Crippen LogP contribution in [0.2, 0.25) is 0 Å². The minimum atomic E-state index is -3.96. The van der Waals surface area contributed by atoms with Gasteiger partial charge in [0, 0.05) is 18.3 Å². The maximum Gasteiger partial charge on any atom is 0.263 e. The molecule has 2 N–H and O–H groups in total. The molecule has 0 bridgehead atoms. The summed E-state index contributed by atoms with van der Waals surface area (Å²) in [5, 5.41) is 4.09. The van der Waals surface area contributed by atoms with Crippen LogP contribution in [0.25, 0.3) is 5.65 Å². The molecular weight excluding hydrogens is 362 g/mol. The Labute approximate surface area is 130 Å². The molecule has 2 aromatic rings. The van der Waals surface area contributed by atoms with E-state index in [9.17, 15) is 13.2 Å². The lowest BCUT2D eigenvalue weighted by Crippen LogP contribution is -2.43. The standard InChI is InChI=1S/C11H14BrN5O3S/c1-6(2)11(18)14-16-21(19,20)9-7(3)15-17-5-8(12)4-13-10(9)17/h4-6,16H,1-3H3,(H,14,18). The van der Waals surface area contributed by atoms with Crippen LogP contribution in [0.15, 0.2) is 21.8 Å². The maximum atomic E-state index is 12.3. The number of carbonyl (C=O) groups excluding carboxylic acids is 1. The Morgan fingerprint density at radius 3 is 2.71 bits per heavy atom. The molecule has 10 heteroatoms. The van der Waals surface area contributed by atoms with Gasteiger partial charge in [0.25, 0.3) is 10.0 Å². The van der Waals surface area contributed by atoms with Crippen molar-refractivity contribution in [1.82, 2.24) is 24.9 Å². The van der Waals surface area contributed by atoms with Gasteiger partial charge in [0.05, 0.1) is 10.2 Å². The summed E-state index contributed by atoms with van der Waals surface area (Å²) in [6.07, 6.45) is 3.07. The fraction of sp³-hybridized carbons (Fsp3) is 0.364. The number of sulfonamides is 1. The van der Waals surface area contributed by atoms with Gasteiger partial charge in [-0.05, 0) is 22.9 Å². The first kappa shape index (κ1) is 15.9. The number of amides is 1. The predicted molar refractivity (Wildman–Crippen MR) is 78.7 cm³/mol. The van der Waals surface area contributed by atoms with Crippen molar-refractivity contribution in [2.75, 3.05) is 0 Å². The van der Waals surface area contributed by atoms with Crippen molar-refractivity contribution >= 4 is 37.5 Å². The van der Waals surface area contributed by atoms with E-state index in [1.165, 1.54) is 10.7 Å². The number of hydrogen-bond donors (Lipinski definition) is 2. The van der Waals surface area contributed by atoms with Gasteiger partial charge in [-0.1, -0.05) is 13.8 Å². The Hall–Kier alpha value is -1.52. The van der Waals surface area contributed by atoms with Gasteiger partial charge in [-0.15, -0.1) is 4.83 Å². The molecule has 0 fully saturated rings. The summed E-state index contributed by atoms with van der Waals surface area (Å²) in [5.41, 5.74) is 2.63. The van der Waals surface area contributed by atoms with Crippen LogP contribution in [0, 0.1) is 12.8 Å². The maximum absolute atomic E-state index is 12.3. The van der Waals surface area contributed by atoms with E-state index in [0.29, 0.717) is 4.47 Å². The van der Waals surface area contributed by atoms with E-state index in [4.69, 9.17) is 0 Å². The van der Waals surface area contributed by atoms with E-state index in [2.05, 4.69) is 36.3 Å². The molecule has 0 saturated heterocycles. The third-order valence-electron chi connectivity index (χ3n) is 2.66. The summed E-state index contributed by atoms with van der Waals surface area (Å²) in [6.45, 7) is 4.87. The quantitative estimate of drug-likeness (QED) is 0.767. The second-order valence-electron chi connectivity index (χ2n) is 4.70. The van der Waals surface area contributed by atoms with Gasteiger partial charge in [0.2, 0.25) is 5.91 Å². The summed E-state index contributed by atoms with van der Waals surface area (Å²) in [7, 11) is -3.96. The molecular formula is C11H14BrN5O3S. The molecule has 0 spiro atoms. The van der Waals surface area contributed by atoms with Gasteiger partial charge in [-0.3, -0.25) is 10.2 Å². The van der Waals surface area contributed by atoms with Crippen molar-refractivity contribution in [1.29, 1.82) is 0 Å². The molecule has 8 nitrogen and oxygen atoms in total. The first-order valence-electron chi connectivity index (χ1n) is 6.04. The Morgan fingerprint density at radius 1 is 1.43 bits per heavy atom. The van der Waals surface area contributed by atoms with Crippen molar-refractivity contribution in [2.45, 2.75) is 25.7 Å². The molecule has 0 radical (unpaired) electrons. The van der Waals surface area contributed by atoms with Crippen molar-refractivity contribution < 1.29 is 13.2 Å². The van der Waals surface area contributed by atoms with Gasteiger partial charge in [-0.25, -0.2) is 17.9 Å². The highest BCUT2D eigenvalue weighted by atomic mass is 79.9. The van der Waals surface area contributed by atoms with Crippen LogP contribution in [-0.2, 0) is 14.8 Å². The van der Waals surface area contributed by atoms with E-state index in [1.807, 2.05) is 0 Å². The fourth-order valence-corrected chi connectivity index (χ4v) is 3.08. The minimum absolute atomic E-state index is 0.0703. The molecule has 2 heterocycles. The van der Waals surface area contributed by atoms with Gasteiger partial charge in [-0.2, -0.15) is 5.10 Å². The number of aromatic nitrogens is 3. The second kappa shape index (κ2) is 5.70. The molecule has 114 valence electrons. The lowest BCUT2D eigenvalue weighted by atomic mass is 10.2. The van der Waals surface area contributed by atoms with Gasteiger partial charge >= 0.3 is 0 Å². The van der Waals surface area contributed by atoms with Crippen LogP contribution in [0.4, 0.5) is 0 Å². The molecule has 2 rings (SSSR count). The topological polar surface area (TPSA) is 105 Å². The predicted octanol–water partition coefficient (Wildman–Crippen LogP) is 0.766. The molecule has 0 aromatic carbocycles. The number of nitrogens with one attached hydrogen (secondary N) is 2. The zero-order chi connectivity index (χ0) is 15.8. The molecule has 21 heavy (non-hydrogen) atoms. The van der Waals surface area contributed by atoms with Gasteiger partial charge in [0.1, 0.15) is 0 Å². The third kappa shape index (κ3) is 3.22. The lowest BCUT2D eigenvalue weighted by Gasteiger charge is -2.09. The summed E-state index contributed by atoms with van der Waals surface area (Å²) >= 11 is 3.24. The molecule has 2 aromatic heterocycles. The van der Waals surface area contributed by atoms with E-state index in [0.717, 1.165) is 0 Å². The van der Waals surface area contributed by atoms with Crippen LogP contribution in [0.5, 0.6) is 0 Å². The Morgan fingerprint density at radius 2 is 2.10 bits per heavy atom. The number of aryl methyl sites for hydroxylation is 1. The van der Waals surface area contributed by atoms with Crippen LogP contribution in [0.3, 0.4) is 0 Å². The molecule has 0 aliphatic heterocycles. The summed E-state index contributed by atoms with van der Waals surface area (Å²) < 4.78 is 26.6. The first-order chi connectivity index (χ1) is 9.72. The number of hydrogen-bond acceptors (Lipinski definition) is 5. The number of nitrogens with zero attached hydrogens (tertiary/aromatic N) is 3. The van der Waals surface area contributed by atoms with Crippen LogP contribution in [0.1, 0.15) is 19.5 Å². The molecule has 0 unspecified atom stereocenters. The average Bonchev–Trinajstić information content (AvgIpc) is 2.71. The van der Waals surface area contributed by atoms with E-state index in [1.54, 1.807) is 27.0 Å². The highest BCUT2D eigenvalue weighted by molar-refractivity contribution is 9.10. The van der Waals surface area contributed by atoms with Crippen molar-refractivity contribution in [3.63, 3.8) is 0 Å². The zero-order valence-corrected chi connectivity index (χ0v) is 14.0. The third-order valence-corrected chi connectivity index (χ3v) is 4.46. The number of rotatable bonds is 4. The van der Waals surface area contributed by atoms with Crippen molar-refractivity contribution in [2.24, 2.45) is 5.92 Å². The average molecular weight is 376 g/mol. The smallest absolute Gasteiger partial charge is 0.263 e. The highest BCUT2D eigenvalue weighted by Crippen LogP contribution is 2.20. The first-order valence-corrected chi connectivity index (χ1v) is 8.32. The Balaban J connectivity index is 2.41. The number of halogens is 1. The van der Waals surface area contributed by atoms with E-state index >= 15 is 0 Å². The Kier molecular flexibility index (Phi) is 4.30. The molecule has 0 aliphatic carbocycles. The summed E-state index contributed by atoms with van der Waals surface area (Å²) in [4.78, 5) is 17.5. The summed E-state index contributed by atoms with van der Waals surface area (Å²) in [6, 6.07) is 0. The highest BCUT2D eigenvalue weighted by Gasteiger charge is 2.25. The second-order valence-corrected chi connectivity index (χ2v) is 7.24. The fourth-order valence-electron chi connectivity index (χ4n) is 1.63.